The topological polar surface area (TPSA) is 50.9 Å². The van der Waals surface area contributed by atoms with Crippen molar-refractivity contribution in [2.45, 2.75) is 20.4 Å². The Morgan fingerprint density at radius 1 is 1.15 bits per heavy atom. The minimum Gasteiger partial charge on any atom is -0.340 e. The lowest BCUT2D eigenvalue weighted by Crippen LogP contribution is -2.02. The van der Waals surface area contributed by atoms with Crippen molar-refractivity contribution in [1.82, 2.24) is 19.4 Å². The highest BCUT2D eigenvalue weighted by Crippen LogP contribution is 2.26. The van der Waals surface area contributed by atoms with E-state index in [4.69, 9.17) is 23.8 Å². The maximum absolute atomic E-state index is 6.02. The number of hydrogen-bond donors (Lipinski definition) is 1. The lowest BCUT2D eigenvalue weighted by atomic mass is 10.1. The van der Waals surface area contributed by atoms with Crippen LogP contribution in [0.1, 0.15) is 22.6 Å². The van der Waals surface area contributed by atoms with Crippen molar-refractivity contribution in [2.75, 3.05) is 0 Å². The Morgan fingerprint density at radius 3 is 2.59 bits per heavy atom. The second kappa shape index (κ2) is 7.13. The zero-order valence-corrected chi connectivity index (χ0v) is 16.6. The average Bonchev–Trinajstić information content (AvgIpc) is 3.13. The molecule has 0 aliphatic rings. The molecular formula is C20H18ClN5S. The molecule has 2 heterocycles. The molecule has 0 aliphatic heterocycles. The van der Waals surface area contributed by atoms with Crippen LogP contribution < -0.4 is 0 Å². The molecule has 0 fully saturated rings. The van der Waals surface area contributed by atoms with E-state index in [0.29, 0.717) is 4.77 Å². The zero-order valence-electron chi connectivity index (χ0n) is 15.0. The van der Waals surface area contributed by atoms with Crippen molar-refractivity contribution in [3.63, 3.8) is 0 Å². The van der Waals surface area contributed by atoms with Gasteiger partial charge in [0.25, 0.3) is 0 Å². The van der Waals surface area contributed by atoms with Crippen LogP contribution in [-0.2, 0) is 6.54 Å². The summed E-state index contributed by atoms with van der Waals surface area (Å²) in [5, 5.41) is 13.3. The van der Waals surface area contributed by atoms with Gasteiger partial charge in [-0.15, -0.1) is 0 Å². The van der Waals surface area contributed by atoms with E-state index in [1.54, 1.807) is 4.68 Å². The highest BCUT2D eigenvalue weighted by atomic mass is 35.5. The van der Waals surface area contributed by atoms with Crippen LogP contribution in [0.5, 0.6) is 0 Å². The predicted molar refractivity (Wildman–Crippen MR) is 112 cm³/mol. The van der Waals surface area contributed by atoms with Crippen LogP contribution in [0, 0.1) is 18.6 Å². The number of aromatic amines is 1. The molecule has 0 saturated carbocycles. The summed E-state index contributed by atoms with van der Waals surface area (Å²) in [7, 11) is 0. The summed E-state index contributed by atoms with van der Waals surface area (Å²) in [5.74, 6) is 0.721. The summed E-state index contributed by atoms with van der Waals surface area (Å²) >= 11 is 11.3. The van der Waals surface area contributed by atoms with E-state index < -0.39 is 0 Å². The number of fused-ring (bicyclic) bond motifs is 1. The molecule has 0 unspecified atom stereocenters. The van der Waals surface area contributed by atoms with Crippen LogP contribution in [0.4, 0.5) is 0 Å². The number of aryl methyl sites for hydroxylation is 1. The molecule has 1 N–H and O–H groups in total. The highest BCUT2D eigenvalue weighted by Gasteiger charge is 2.13. The van der Waals surface area contributed by atoms with Crippen molar-refractivity contribution >= 4 is 40.9 Å². The molecule has 0 radical (unpaired) electrons. The Kier molecular flexibility index (Phi) is 4.68. The molecule has 4 rings (SSSR count). The molecular weight excluding hydrogens is 378 g/mol. The fraction of sp³-hybridized carbons (Fsp3) is 0.150. The molecule has 0 amide bonds. The van der Waals surface area contributed by atoms with Crippen LogP contribution in [0.3, 0.4) is 0 Å². The van der Waals surface area contributed by atoms with Crippen molar-refractivity contribution in [2.24, 2.45) is 5.10 Å². The first-order valence-corrected chi connectivity index (χ1v) is 9.34. The Hall–Kier alpha value is -2.70. The number of nitrogens with zero attached hydrogens (tertiary/aromatic N) is 4. The molecule has 0 spiro atoms. The van der Waals surface area contributed by atoms with Crippen LogP contribution in [0.15, 0.2) is 53.6 Å². The number of hydrogen-bond acceptors (Lipinski definition) is 3. The number of rotatable bonds is 4. The molecule has 4 aromatic rings. The molecule has 136 valence electrons. The van der Waals surface area contributed by atoms with Crippen LogP contribution in [-0.4, -0.2) is 25.7 Å². The number of para-hydroxylation sites is 1. The molecule has 27 heavy (non-hydrogen) atoms. The van der Waals surface area contributed by atoms with Crippen molar-refractivity contribution in [1.29, 1.82) is 0 Å². The molecule has 2 aromatic heterocycles. The maximum Gasteiger partial charge on any atom is 0.216 e. The smallest absolute Gasteiger partial charge is 0.216 e. The summed E-state index contributed by atoms with van der Waals surface area (Å²) < 4.78 is 4.40. The standard InChI is InChI=1S/C20H18ClN5S/c1-13-18(11-22-26-14(2)23-24-20(26)27)17-5-3-4-6-19(17)25(13)12-15-7-9-16(21)10-8-15/h3-11H,12H2,1-2H3,(H,24,27)/b22-11-. The van der Waals surface area contributed by atoms with Gasteiger partial charge in [-0.1, -0.05) is 41.9 Å². The lowest BCUT2D eigenvalue weighted by Gasteiger charge is -2.09. The first-order chi connectivity index (χ1) is 13.0. The van der Waals surface area contributed by atoms with E-state index in [1.807, 2.05) is 31.3 Å². The van der Waals surface area contributed by atoms with E-state index >= 15 is 0 Å². The van der Waals surface area contributed by atoms with Crippen molar-refractivity contribution in [3.8, 4) is 0 Å². The summed E-state index contributed by atoms with van der Waals surface area (Å²) in [6.45, 7) is 4.74. The van der Waals surface area contributed by atoms with Gasteiger partial charge in [0.1, 0.15) is 5.82 Å². The van der Waals surface area contributed by atoms with Crippen molar-refractivity contribution < 1.29 is 0 Å². The Balaban J connectivity index is 1.81. The third-order valence-corrected chi connectivity index (χ3v) is 5.16. The average molecular weight is 396 g/mol. The van der Waals surface area contributed by atoms with Gasteiger partial charge in [0, 0.05) is 33.7 Å². The normalized spacial score (nSPS) is 11.7. The van der Waals surface area contributed by atoms with Gasteiger partial charge in [-0.25, -0.2) is 0 Å². The van der Waals surface area contributed by atoms with E-state index in [9.17, 15) is 0 Å². The summed E-state index contributed by atoms with van der Waals surface area (Å²) in [6.07, 6.45) is 1.86. The second-order valence-electron chi connectivity index (χ2n) is 6.36. The van der Waals surface area contributed by atoms with Gasteiger partial charge in [-0.05, 0) is 49.8 Å². The minimum atomic E-state index is 0.478. The summed E-state index contributed by atoms with van der Waals surface area (Å²) in [5.41, 5.74) is 4.57. The quantitative estimate of drug-likeness (QED) is 0.386. The van der Waals surface area contributed by atoms with E-state index in [-0.39, 0.29) is 0 Å². The first kappa shape index (κ1) is 17.7. The van der Waals surface area contributed by atoms with Gasteiger partial charge in [-0.2, -0.15) is 14.9 Å². The van der Waals surface area contributed by atoms with E-state index in [0.717, 1.165) is 34.0 Å². The van der Waals surface area contributed by atoms with Gasteiger partial charge in [-0.3, -0.25) is 5.10 Å². The second-order valence-corrected chi connectivity index (χ2v) is 7.18. The highest BCUT2D eigenvalue weighted by molar-refractivity contribution is 7.71. The summed E-state index contributed by atoms with van der Waals surface area (Å²) in [4.78, 5) is 0. The SMILES string of the molecule is Cc1n[nH]c(=S)n1/N=C\c1c(C)n(Cc2ccc(Cl)cc2)c2ccccc12. The number of H-pyrrole nitrogens is 1. The number of halogens is 1. The van der Waals surface area contributed by atoms with Gasteiger partial charge >= 0.3 is 0 Å². The van der Waals surface area contributed by atoms with Gasteiger partial charge in [0.2, 0.25) is 4.77 Å². The zero-order chi connectivity index (χ0) is 19.0. The van der Waals surface area contributed by atoms with Crippen LogP contribution in [0.25, 0.3) is 10.9 Å². The van der Waals surface area contributed by atoms with E-state index in [2.05, 4.69) is 57.1 Å². The monoisotopic (exact) mass is 395 g/mol. The van der Waals surface area contributed by atoms with Gasteiger partial charge < -0.3 is 4.57 Å². The minimum absolute atomic E-state index is 0.478. The van der Waals surface area contributed by atoms with Crippen LogP contribution in [0.2, 0.25) is 5.02 Å². The Morgan fingerprint density at radius 2 is 1.89 bits per heavy atom. The fourth-order valence-corrected chi connectivity index (χ4v) is 3.57. The largest absolute Gasteiger partial charge is 0.340 e. The predicted octanol–water partition coefficient (Wildman–Crippen LogP) is 5.10. The molecule has 2 aromatic carbocycles. The molecule has 5 nitrogen and oxygen atoms in total. The third kappa shape index (κ3) is 3.34. The first-order valence-electron chi connectivity index (χ1n) is 8.55. The third-order valence-electron chi connectivity index (χ3n) is 4.65. The lowest BCUT2D eigenvalue weighted by molar-refractivity contribution is 0.802. The number of aromatic nitrogens is 4. The number of nitrogens with one attached hydrogen (secondary N) is 1. The molecule has 0 aliphatic carbocycles. The number of benzene rings is 2. The Labute approximate surface area is 166 Å². The van der Waals surface area contributed by atoms with Gasteiger partial charge in [0.15, 0.2) is 0 Å². The molecule has 7 heteroatoms. The molecule has 0 atom stereocenters. The molecule has 0 saturated heterocycles. The van der Waals surface area contributed by atoms with Crippen LogP contribution >= 0.6 is 23.8 Å². The van der Waals surface area contributed by atoms with E-state index in [1.165, 1.54) is 11.1 Å². The maximum atomic E-state index is 6.02. The summed E-state index contributed by atoms with van der Waals surface area (Å²) in [6, 6.07) is 16.3. The Bertz CT molecular complexity index is 1200. The fourth-order valence-electron chi connectivity index (χ4n) is 3.22. The van der Waals surface area contributed by atoms with Crippen molar-refractivity contribution in [3.05, 3.63) is 81.0 Å². The molecule has 0 bridgehead atoms. The van der Waals surface area contributed by atoms with Gasteiger partial charge in [0.05, 0.1) is 6.21 Å².